The number of para-hydroxylation sites is 2. The molecular weight excluding hydrogens is 1770 g/mol. The summed E-state index contributed by atoms with van der Waals surface area (Å²) in [5, 5.41) is 47.2. The Hall–Kier alpha value is -13.6. The fraction of sp³-hybridized carbons (Fsp3) is 0.505. The number of nitrogens with two attached hydrogens (primary N) is 3. The van der Waals surface area contributed by atoms with Crippen molar-refractivity contribution in [3.8, 4) is 0 Å². The van der Waals surface area contributed by atoms with Crippen LogP contribution in [0.2, 0.25) is 0 Å². The number of amides is 15. The number of aliphatic hydroxyl groups is 1. The molecule has 0 saturated carbocycles. The third kappa shape index (κ3) is 32.1. The maximum absolute atomic E-state index is 15.9. The molecule has 2 saturated heterocycles. The summed E-state index contributed by atoms with van der Waals surface area (Å²) in [6, 6.07) is 4.66. The van der Waals surface area contributed by atoms with Gasteiger partial charge >= 0.3 is 0 Å². The summed E-state index contributed by atoms with van der Waals surface area (Å²) in [5.74, 6) is -18.9. The molecule has 2 fully saturated rings. The Labute approximate surface area is 794 Å². The number of allylic oxidation sites excluding steroid dienone is 2. The number of thioether (sulfide) groups is 1. The van der Waals surface area contributed by atoms with E-state index in [1.54, 1.807) is 117 Å². The van der Waals surface area contributed by atoms with Gasteiger partial charge in [-0.25, -0.2) is 4.98 Å². The van der Waals surface area contributed by atoms with Gasteiger partial charge < -0.3 is 110 Å². The molecule has 0 radical (unpaired) electrons. The van der Waals surface area contributed by atoms with Crippen molar-refractivity contribution < 1.29 is 86.6 Å². The standard InChI is InChI=1S/C95H132N22O18S/c1-10-12-14-19-34-76-89(130)107-68(33-25-37-101-95(98)99)86(127)113-75(85(126)104-50-80(97)121)52-136-53-81(122)106-71(41-58-27-17-16-18-28-58)91(132)114(7)57(6)83(124)110-73(46-79(96)120)93(134)117-38-26-36-77(117)90(131)109-70(45-62-49-100-54-105-62)87(128)108-69(39-55(3)4)82(123)56(5)40-63(119)43-59(42-60-47-102-66-31-23-21-29-64(60)66)84(125)112-74(51-118)88(129)111-72(44-61-48-103-67-32-24-22-30-65(61)67)92(133)116(9)78(94(135)115(76)8)35-20-15-13-11-2/h10-11,16-18,21-24,27-32,47-49,54-57,59,68-78,102-103,118H,1-2,12-15,19-20,25-26,33-46,50-53H2,3-9H3,(H2,96,120)(H2,97,121)(H,100,105)(H,104,126)(H,106,122)(H,107,130)(H,108,128)(H,109,131)(H,110,124)(H,111,129)(H,112,125)(H,113,127)(H4,98,99,101)/t56?,57-,59+,68-,69-,70-,71-,72-,73-,74-,75-,76-,77-,78-/m0/s1. The number of carbonyl (C=O) groups is 17. The van der Waals surface area contributed by atoms with E-state index in [9.17, 15) is 53.1 Å². The predicted octanol–water partition coefficient (Wildman–Crippen LogP) is 1.20. The number of hydrogen-bond donors (Lipinski definition) is 18. The van der Waals surface area contributed by atoms with Gasteiger partial charge in [0.1, 0.15) is 72.2 Å². The molecule has 14 atom stereocenters. The molecule has 0 aliphatic carbocycles. The second-order valence-corrected chi connectivity index (χ2v) is 36.2. The Morgan fingerprint density at radius 1 is 0.566 bits per heavy atom. The molecule has 8 rings (SSSR count). The van der Waals surface area contributed by atoms with Gasteiger partial charge in [0.05, 0.1) is 37.7 Å². The highest BCUT2D eigenvalue weighted by Gasteiger charge is 2.44. The number of ketones is 2. The van der Waals surface area contributed by atoms with Crippen LogP contribution in [0.1, 0.15) is 153 Å². The molecule has 40 nitrogen and oxygen atoms in total. The lowest BCUT2D eigenvalue weighted by Crippen LogP contribution is -2.61. The summed E-state index contributed by atoms with van der Waals surface area (Å²) in [6.07, 6.45) is 9.40. The summed E-state index contributed by atoms with van der Waals surface area (Å²) in [4.78, 5) is 268. The Balaban J connectivity index is 1.20. The SMILES string of the molecule is C=CCCCC[C@H]1C(=O)N(C)[C@@H](CCCCC=C)C(=O)N[C@@H](CCCNC(=N)N)C(=O)N[C@H](C(=O)NCC(N)=O)CSCC(=O)N[C@@H](Cc2ccccc2)C(=O)N(C)[C@@H](C)C(=O)N[C@@H](CC(N)=O)C(=O)N2CCC[C@H]2C(=O)N[C@@H](Cc2cnc[nH]2)C(=O)N[C@@H](CC(C)C)C(=O)C(C)CC(=O)C[C@@H](Cc2c[nH]c3ccccc23)C(=O)N[C@@H](CO)C(=O)N[C@@H](Cc2c[nH]c3ccccc23)C(=O)N1C. The summed E-state index contributed by atoms with van der Waals surface area (Å²) in [5.41, 5.74) is 20.2. The van der Waals surface area contributed by atoms with Gasteiger partial charge in [0.25, 0.3) is 0 Å². The number of unbranched alkanes of at least 4 members (excludes halogenated alkanes) is 4. The molecule has 6 aromatic rings. The lowest BCUT2D eigenvalue weighted by Gasteiger charge is -2.36. The monoisotopic (exact) mass is 1900 g/mol. The number of rotatable bonds is 30. The number of aromatic amines is 3. The van der Waals surface area contributed by atoms with Gasteiger partial charge in [0.2, 0.25) is 88.6 Å². The number of imidazole rings is 1. The van der Waals surface area contributed by atoms with Crippen LogP contribution in [0.3, 0.4) is 0 Å². The van der Waals surface area contributed by atoms with E-state index in [0.29, 0.717) is 82.7 Å². The number of guanidine groups is 1. The minimum absolute atomic E-state index is 0.00854. The van der Waals surface area contributed by atoms with Crippen molar-refractivity contribution in [1.82, 2.24) is 92.7 Å². The van der Waals surface area contributed by atoms with E-state index in [-0.39, 0.29) is 89.6 Å². The van der Waals surface area contributed by atoms with Gasteiger partial charge in [-0.05, 0) is 119 Å². The van der Waals surface area contributed by atoms with Crippen LogP contribution in [-0.2, 0) is 107 Å². The van der Waals surface area contributed by atoms with Gasteiger partial charge in [-0.3, -0.25) is 86.9 Å². The third-order valence-corrected chi connectivity index (χ3v) is 25.3. The van der Waals surface area contributed by atoms with Gasteiger partial charge in [0, 0.05) is 130 Å². The molecule has 0 bridgehead atoms. The lowest BCUT2D eigenvalue weighted by molar-refractivity contribution is -0.149. The molecule has 0 spiro atoms. The van der Waals surface area contributed by atoms with E-state index in [0.717, 1.165) is 31.4 Å². The Morgan fingerprint density at radius 2 is 1.13 bits per heavy atom. The number of likely N-dealkylation sites (N-methyl/N-ethyl adjacent to an activating group) is 3. The number of primary amides is 2. The van der Waals surface area contributed by atoms with Crippen molar-refractivity contribution in [1.29, 1.82) is 5.41 Å². The zero-order valence-corrected chi connectivity index (χ0v) is 79.0. The maximum Gasteiger partial charge on any atom is 0.246 e. The molecule has 736 valence electrons. The fourth-order valence-corrected chi connectivity index (χ4v) is 17.6. The van der Waals surface area contributed by atoms with Gasteiger partial charge in [-0.2, -0.15) is 0 Å². The number of aromatic nitrogens is 4. The zero-order chi connectivity index (χ0) is 99.4. The fourth-order valence-electron chi connectivity index (χ4n) is 16.7. The molecular formula is C95H132N22O18S. The van der Waals surface area contributed by atoms with Gasteiger partial charge in [-0.15, -0.1) is 24.9 Å². The van der Waals surface area contributed by atoms with Crippen LogP contribution in [0.25, 0.3) is 21.8 Å². The van der Waals surface area contributed by atoms with Gasteiger partial charge in [0.15, 0.2) is 11.7 Å². The van der Waals surface area contributed by atoms with Crippen molar-refractivity contribution in [2.24, 2.45) is 35.0 Å². The molecule has 5 heterocycles. The van der Waals surface area contributed by atoms with Crippen molar-refractivity contribution in [2.75, 3.05) is 58.9 Å². The highest BCUT2D eigenvalue weighted by Crippen LogP contribution is 2.29. The number of aliphatic hydroxyl groups excluding tert-OH is 1. The van der Waals surface area contributed by atoms with Crippen LogP contribution >= 0.6 is 11.8 Å². The van der Waals surface area contributed by atoms with E-state index in [1.165, 1.54) is 47.5 Å². The highest BCUT2D eigenvalue weighted by atomic mass is 32.2. The number of benzene rings is 3. The first kappa shape index (κ1) is 108. The van der Waals surface area contributed by atoms with Gasteiger partial charge in [-0.1, -0.05) is 112 Å². The van der Waals surface area contributed by atoms with E-state index in [4.69, 9.17) is 22.6 Å². The van der Waals surface area contributed by atoms with E-state index >= 15 is 33.6 Å². The smallest absolute Gasteiger partial charge is 0.246 e. The molecule has 1 unspecified atom stereocenters. The summed E-state index contributed by atoms with van der Waals surface area (Å²) in [7, 11) is 3.98. The van der Waals surface area contributed by atoms with Crippen molar-refractivity contribution in [2.45, 2.75) is 229 Å². The van der Waals surface area contributed by atoms with E-state index < -0.39 is 234 Å². The molecule has 21 N–H and O–H groups in total. The molecule has 2 aliphatic heterocycles. The average molecular weight is 1900 g/mol. The molecule has 3 aromatic heterocycles. The van der Waals surface area contributed by atoms with E-state index in [1.807, 2.05) is 0 Å². The molecule has 41 heteroatoms. The molecule has 2 aliphatic rings. The molecule has 15 amide bonds. The van der Waals surface area contributed by atoms with E-state index in [2.05, 4.69) is 86.3 Å². The molecule has 3 aromatic carbocycles. The van der Waals surface area contributed by atoms with Crippen molar-refractivity contribution >= 4 is 140 Å². The number of hydrogen-bond acceptors (Lipinski definition) is 21. The second kappa shape index (κ2) is 53.5. The summed E-state index contributed by atoms with van der Waals surface area (Å²) in [6.45, 7) is 12.2. The average Bonchev–Trinajstić information content (AvgIpc) is 1.44. The number of H-pyrrole nitrogens is 3. The number of Topliss-reactive ketones (excluding diaryl/α,β-unsaturated/α-hetero) is 2. The summed E-state index contributed by atoms with van der Waals surface area (Å²) >= 11 is 0.793. The Bertz CT molecular complexity index is 5200. The van der Waals surface area contributed by atoms with Crippen molar-refractivity contribution in [3.63, 3.8) is 0 Å². The zero-order valence-electron chi connectivity index (χ0n) is 78.2. The summed E-state index contributed by atoms with van der Waals surface area (Å²) < 4.78 is 0. The minimum atomic E-state index is -1.82. The highest BCUT2D eigenvalue weighted by molar-refractivity contribution is 8.00. The maximum atomic E-state index is 15.9. The van der Waals surface area contributed by atoms with Crippen LogP contribution in [0.15, 0.2) is 129 Å². The first-order chi connectivity index (χ1) is 64.9. The first-order valence-electron chi connectivity index (χ1n) is 45.9. The largest absolute Gasteiger partial charge is 0.394 e. The second-order valence-electron chi connectivity index (χ2n) is 35.1. The minimum Gasteiger partial charge on any atom is -0.394 e. The van der Waals surface area contributed by atoms with Crippen LogP contribution in [-0.4, -0.2) is 282 Å². The molecule has 136 heavy (non-hydrogen) atoms. The van der Waals surface area contributed by atoms with Crippen LogP contribution < -0.4 is 70.4 Å². The number of fused-ring (bicyclic) bond motifs is 3. The van der Waals surface area contributed by atoms with Crippen LogP contribution in [0, 0.1) is 23.2 Å². The lowest BCUT2D eigenvalue weighted by atomic mass is 9.86. The normalized spacial score (nSPS) is 23.7. The van der Waals surface area contributed by atoms with Crippen LogP contribution in [0.5, 0.6) is 0 Å². The Morgan fingerprint density at radius 3 is 1.74 bits per heavy atom. The number of nitrogens with zero attached hydrogens (tertiary/aromatic N) is 5. The Kier molecular flexibility index (Phi) is 42.4. The third-order valence-electron chi connectivity index (χ3n) is 24.3. The topological polar surface area (TPSA) is 606 Å². The quantitative estimate of drug-likeness (QED) is 0.0130. The van der Waals surface area contributed by atoms with Crippen LogP contribution in [0.4, 0.5) is 0 Å². The number of nitrogens with one attached hydrogen (secondary N) is 14. The first-order valence-corrected chi connectivity index (χ1v) is 47.1. The van der Waals surface area contributed by atoms with Crippen molar-refractivity contribution in [3.05, 3.63) is 151 Å². The predicted molar refractivity (Wildman–Crippen MR) is 510 cm³/mol. The number of carbonyl (C=O) groups excluding carboxylic acids is 17.